The molecule has 2 saturated heterocycles. The number of carbonyl (C=O) groups is 1. The van der Waals surface area contributed by atoms with Crippen LogP contribution in [0.4, 0.5) is 14.6 Å². The number of alkyl halides is 2. The lowest BCUT2D eigenvalue weighted by Crippen LogP contribution is -2.48. The van der Waals surface area contributed by atoms with Gasteiger partial charge in [-0.1, -0.05) is 0 Å². The minimum atomic E-state index is -4.26. The molecule has 2 atom stereocenters. The molecule has 14 heteroatoms. The van der Waals surface area contributed by atoms with Crippen LogP contribution < -0.4 is 14.4 Å². The van der Waals surface area contributed by atoms with Gasteiger partial charge >= 0.3 is 6.55 Å². The minimum absolute atomic E-state index is 0.0338. The molecule has 1 N–H and O–H groups in total. The van der Waals surface area contributed by atoms with Crippen molar-refractivity contribution < 1.29 is 26.7 Å². The van der Waals surface area contributed by atoms with E-state index in [9.17, 15) is 22.0 Å². The summed E-state index contributed by atoms with van der Waals surface area (Å²) >= 11 is 0. The van der Waals surface area contributed by atoms with Gasteiger partial charge in [-0.3, -0.25) is 9.20 Å². The number of piperidine rings is 1. The molecule has 11 nitrogen and oxygen atoms in total. The normalized spacial score (nSPS) is 20.5. The van der Waals surface area contributed by atoms with Crippen molar-refractivity contribution in [3.8, 4) is 17.3 Å². The summed E-state index contributed by atoms with van der Waals surface area (Å²) in [4.78, 5) is 25.2. The van der Waals surface area contributed by atoms with Crippen LogP contribution in [-0.2, 0) is 16.6 Å². The summed E-state index contributed by atoms with van der Waals surface area (Å²) in [5.74, 6) is 0.999. The number of sulfonamides is 1. The van der Waals surface area contributed by atoms with Crippen LogP contribution in [-0.4, -0.2) is 83.8 Å². The van der Waals surface area contributed by atoms with Crippen LogP contribution in [0.2, 0.25) is 0 Å². The summed E-state index contributed by atoms with van der Waals surface area (Å²) in [6.07, 6.45) is 4.87. The Bertz CT molecular complexity index is 1890. The number of hydrogen-bond donors (Lipinski definition) is 1. The Morgan fingerprint density at radius 3 is 2.66 bits per heavy atom. The van der Waals surface area contributed by atoms with Crippen molar-refractivity contribution in [2.45, 2.75) is 51.7 Å². The molecular formula is C30H35F2N7O4S. The molecule has 0 bridgehead atoms. The van der Waals surface area contributed by atoms with Crippen molar-refractivity contribution in [3.05, 3.63) is 41.6 Å². The first-order valence-corrected chi connectivity index (χ1v) is 16.8. The van der Waals surface area contributed by atoms with Gasteiger partial charge in [-0.05, 0) is 75.3 Å². The number of anilines is 1. The predicted molar refractivity (Wildman–Crippen MR) is 162 cm³/mol. The third kappa shape index (κ3) is 4.87. The standard InChI is InChI=1S/C30H35F2N7O4S/c1-17-27(22-12-20-6-7-24(39(30(31)32)44(3,41)42)35-28(20)37(22)16-18-4-5-18)34-25-13-21(14-26(43-2)38(17)25)29(40)36-11-9-19-8-10-33-15-23(19)36/h6-7,12-14,18-19,23,30,33H,4-5,8-11,15-16H2,1-3H3/t19-,23-/m0/s1. The summed E-state index contributed by atoms with van der Waals surface area (Å²) in [6, 6.07) is 8.53. The van der Waals surface area contributed by atoms with Crippen LogP contribution in [0, 0.1) is 18.8 Å². The molecule has 4 aromatic rings. The Morgan fingerprint density at radius 2 is 1.95 bits per heavy atom. The molecule has 6 heterocycles. The topological polar surface area (TPSA) is 114 Å². The van der Waals surface area contributed by atoms with E-state index in [2.05, 4.69) is 10.3 Å². The predicted octanol–water partition coefficient (Wildman–Crippen LogP) is 3.89. The molecule has 7 rings (SSSR count). The van der Waals surface area contributed by atoms with E-state index in [-0.39, 0.29) is 22.1 Å². The zero-order valence-electron chi connectivity index (χ0n) is 24.8. The second-order valence-corrected chi connectivity index (χ2v) is 14.0. The highest BCUT2D eigenvalue weighted by Crippen LogP contribution is 2.38. The summed E-state index contributed by atoms with van der Waals surface area (Å²) in [5, 5.41) is 4.09. The van der Waals surface area contributed by atoms with Crippen molar-refractivity contribution >= 4 is 38.4 Å². The van der Waals surface area contributed by atoms with Crippen molar-refractivity contribution in [1.82, 2.24) is 29.2 Å². The summed E-state index contributed by atoms with van der Waals surface area (Å²) < 4.78 is 61.6. The molecule has 0 radical (unpaired) electrons. The van der Waals surface area contributed by atoms with Gasteiger partial charge < -0.3 is 19.5 Å². The number of fused-ring (bicyclic) bond motifs is 3. The maximum Gasteiger partial charge on any atom is 0.329 e. The summed E-state index contributed by atoms with van der Waals surface area (Å²) in [5.41, 5.74) is 3.61. The largest absolute Gasteiger partial charge is 0.482 e. The van der Waals surface area contributed by atoms with E-state index >= 15 is 0 Å². The highest BCUT2D eigenvalue weighted by molar-refractivity contribution is 7.92. The number of aromatic nitrogens is 4. The molecule has 3 fully saturated rings. The van der Waals surface area contributed by atoms with Gasteiger partial charge in [0.05, 0.1) is 24.8 Å². The van der Waals surface area contributed by atoms with Crippen LogP contribution in [0.25, 0.3) is 28.1 Å². The van der Waals surface area contributed by atoms with Gasteiger partial charge in [0.2, 0.25) is 10.0 Å². The fraction of sp³-hybridized carbons (Fsp3) is 0.500. The van der Waals surface area contributed by atoms with Crippen molar-refractivity contribution in [2.75, 3.05) is 37.3 Å². The van der Waals surface area contributed by atoms with Gasteiger partial charge in [0.25, 0.3) is 5.91 Å². The molecule has 0 spiro atoms. The van der Waals surface area contributed by atoms with E-state index in [0.717, 1.165) is 63.0 Å². The van der Waals surface area contributed by atoms with Crippen LogP contribution in [0.5, 0.6) is 5.88 Å². The second kappa shape index (κ2) is 10.7. The maximum atomic E-state index is 13.8. The van der Waals surface area contributed by atoms with Crippen LogP contribution in [0.1, 0.15) is 41.7 Å². The molecule has 1 saturated carbocycles. The van der Waals surface area contributed by atoms with Gasteiger partial charge in [0, 0.05) is 42.7 Å². The third-order valence-electron chi connectivity index (χ3n) is 9.24. The van der Waals surface area contributed by atoms with Gasteiger partial charge in [0.1, 0.15) is 22.8 Å². The SMILES string of the molecule is COc1cc(C(=O)N2CC[C@@H]3CCNC[C@@H]32)cc2nc(-c3cc4ccc(N(C(F)F)S(C)(=O)=O)nc4n3CC3CC3)c(C)n12. The number of nitrogens with zero attached hydrogens (tertiary/aromatic N) is 6. The van der Waals surface area contributed by atoms with Gasteiger partial charge in [-0.15, -0.1) is 0 Å². The lowest BCUT2D eigenvalue weighted by Gasteiger charge is -2.32. The average molecular weight is 628 g/mol. The number of nitrogens with one attached hydrogen (secondary N) is 1. The molecule has 0 aromatic carbocycles. The Hall–Kier alpha value is -3.78. The lowest BCUT2D eigenvalue weighted by molar-refractivity contribution is 0.0702. The molecule has 2 aliphatic heterocycles. The average Bonchev–Trinajstić information content (AvgIpc) is 3.45. The molecule has 1 aliphatic carbocycles. The van der Waals surface area contributed by atoms with Crippen molar-refractivity contribution in [2.24, 2.45) is 11.8 Å². The number of methoxy groups -OCH3 is 1. The number of imidazole rings is 1. The monoisotopic (exact) mass is 627 g/mol. The van der Waals surface area contributed by atoms with Crippen LogP contribution in [0.15, 0.2) is 30.3 Å². The van der Waals surface area contributed by atoms with Crippen LogP contribution >= 0.6 is 0 Å². The van der Waals surface area contributed by atoms with E-state index in [1.807, 2.05) is 26.9 Å². The number of halogens is 2. The summed E-state index contributed by atoms with van der Waals surface area (Å²) in [6.45, 7) is 1.73. The quantitative estimate of drug-likeness (QED) is 0.295. The molecule has 3 aliphatic rings. The minimum Gasteiger partial charge on any atom is -0.482 e. The van der Waals surface area contributed by atoms with E-state index in [0.29, 0.717) is 52.2 Å². The zero-order valence-corrected chi connectivity index (χ0v) is 25.6. The number of hydrogen-bond acceptors (Lipinski definition) is 7. The first-order valence-electron chi connectivity index (χ1n) is 14.9. The fourth-order valence-electron chi connectivity index (χ4n) is 6.87. The number of amides is 1. The Balaban J connectivity index is 1.33. The molecule has 1 amide bonds. The van der Waals surface area contributed by atoms with E-state index < -0.39 is 16.6 Å². The lowest BCUT2D eigenvalue weighted by atomic mass is 9.93. The number of likely N-dealkylation sites (tertiary alicyclic amines) is 1. The fourth-order valence-corrected chi connectivity index (χ4v) is 7.60. The molecule has 44 heavy (non-hydrogen) atoms. The smallest absolute Gasteiger partial charge is 0.329 e. The van der Waals surface area contributed by atoms with E-state index in [4.69, 9.17) is 9.72 Å². The van der Waals surface area contributed by atoms with Crippen molar-refractivity contribution in [3.63, 3.8) is 0 Å². The first kappa shape index (κ1) is 29.0. The zero-order chi connectivity index (χ0) is 30.9. The van der Waals surface area contributed by atoms with Gasteiger partial charge in [-0.25, -0.2) is 18.4 Å². The highest BCUT2D eigenvalue weighted by atomic mass is 32.2. The van der Waals surface area contributed by atoms with Crippen LogP contribution in [0.3, 0.4) is 0 Å². The highest BCUT2D eigenvalue weighted by Gasteiger charge is 2.39. The Morgan fingerprint density at radius 1 is 1.16 bits per heavy atom. The molecular weight excluding hydrogens is 592 g/mol. The Kier molecular flexibility index (Phi) is 7.03. The number of aryl methyl sites for hydroxylation is 1. The van der Waals surface area contributed by atoms with Crippen molar-refractivity contribution in [1.29, 1.82) is 0 Å². The van der Waals surface area contributed by atoms with Gasteiger partial charge in [0.15, 0.2) is 5.88 Å². The first-order chi connectivity index (χ1) is 21.0. The molecule has 4 aromatic heterocycles. The number of ether oxygens (including phenoxy) is 1. The number of carbonyl (C=O) groups excluding carboxylic acids is 1. The maximum absolute atomic E-state index is 13.8. The van der Waals surface area contributed by atoms with E-state index in [1.165, 1.54) is 6.07 Å². The second-order valence-electron chi connectivity index (χ2n) is 12.1. The Labute approximate surface area is 253 Å². The molecule has 234 valence electrons. The third-order valence-corrected chi connectivity index (χ3v) is 10.3. The number of pyridine rings is 2. The van der Waals surface area contributed by atoms with E-state index in [1.54, 1.807) is 25.3 Å². The van der Waals surface area contributed by atoms with Gasteiger partial charge in [-0.2, -0.15) is 13.1 Å². The summed E-state index contributed by atoms with van der Waals surface area (Å²) in [7, 11) is -2.70. The molecule has 0 unspecified atom stereocenters. The number of rotatable bonds is 8.